The molecular weight excluding hydrogens is 323 g/mol. The maximum atomic E-state index is 11.2. The number of hydrogen-bond donors (Lipinski definition) is 0. The van der Waals surface area contributed by atoms with Crippen molar-refractivity contribution in [3.05, 3.63) is 24.3 Å². The van der Waals surface area contributed by atoms with Gasteiger partial charge in [0.15, 0.2) is 0 Å². The Hall–Kier alpha value is -0.362. The number of esters is 1. The SMILES string of the molecule is COC(=O)C1([CH2][Pt+3])C=CC=C1. The first-order valence-corrected chi connectivity index (χ1v) is 4.83. The summed E-state index contributed by atoms with van der Waals surface area (Å²) in [6.45, 7) is 0. The number of carbonyl (C=O) groups excluding carboxylic acids is 1. The Kier molecular flexibility index (Phi) is 2.66. The summed E-state index contributed by atoms with van der Waals surface area (Å²) in [7, 11) is 1.41. The first-order valence-electron chi connectivity index (χ1n) is 3.22. The van der Waals surface area contributed by atoms with Gasteiger partial charge in [-0.15, -0.1) is 0 Å². The van der Waals surface area contributed by atoms with E-state index in [4.69, 9.17) is 0 Å². The Balaban J connectivity index is 2.85. The van der Waals surface area contributed by atoms with Crippen molar-refractivity contribution in [3.8, 4) is 0 Å². The maximum absolute atomic E-state index is 11.2. The summed E-state index contributed by atoms with van der Waals surface area (Å²) < 4.78 is 4.68. The Bertz CT molecular complexity index is 206. The van der Waals surface area contributed by atoms with Crippen LogP contribution in [0.4, 0.5) is 0 Å². The molecule has 1 aliphatic rings. The quantitative estimate of drug-likeness (QED) is 0.711. The minimum absolute atomic E-state index is 0.183. The van der Waals surface area contributed by atoms with Crippen LogP contribution in [0.1, 0.15) is 0 Å². The van der Waals surface area contributed by atoms with E-state index in [0.29, 0.717) is 0 Å². The average Bonchev–Trinajstić information content (AvgIpc) is 2.52. The molecule has 0 heterocycles. The van der Waals surface area contributed by atoms with E-state index in [1.165, 1.54) is 7.11 Å². The molecular formula is C8H9O2Pt+3. The van der Waals surface area contributed by atoms with Gasteiger partial charge in [-0.25, -0.2) is 0 Å². The molecule has 0 aromatic heterocycles. The van der Waals surface area contributed by atoms with Crippen molar-refractivity contribution in [2.75, 3.05) is 7.11 Å². The van der Waals surface area contributed by atoms with Gasteiger partial charge in [-0.1, -0.05) is 0 Å². The van der Waals surface area contributed by atoms with Crippen molar-refractivity contribution < 1.29 is 29.3 Å². The molecule has 0 amide bonds. The summed E-state index contributed by atoms with van der Waals surface area (Å²) in [5.41, 5.74) is -0.490. The zero-order chi connectivity index (χ0) is 8.32. The van der Waals surface area contributed by atoms with Gasteiger partial charge < -0.3 is 0 Å². The van der Waals surface area contributed by atoms with Gasteiger partial charge in [0.1, 0.15) is 0 Å². The van der Waals surface area contributed by atoms with Gasteiger partial charge in [-0.3, -0.25) is 0 Å². The van der Waals surface area contributed by atoms with Crippen LogP contribution in [-0.4, -0.2) is 13.1 Å². The monoisotopic (exact) mass is 332 g/mol. The molecule has 0 aromatic carbocycles. The summed E-state index contributed by atoms with van der Waals surface area (Å²) >= 11 is 2.16. The predicted octanol–water partition coefficient (Wildman–Crippen LogP) is 1.24. The second kappa shape index (κ2) is 3.36. The van der Waals surface area contributed by atoms with Gasteiger partial charge in [-0.05, 0) is 0 Å². The van der Waals surface area contributed by atoms with Gasteiger partial charge >= 0.3 is 77.0 Å². The van der Waals surface area contributed by atoms with E-state index in [-0.39, 0.29) is 5.97 Å². The predicted molar refractivity (Wildman–Crippen MR) is 37.5 cm³/mol. The molecule has 0 N–H and O–H groups in total. The number of hydrogen-bond acceptors (Lipinski definition) is 2. The molecule has 1 aliphatic carbocycles. The second-order valence-corrected chi connectivity index (χ2v) is 3.17. The number of rotatable bonds is 2. The fourth-order valence-electron chi connectivity index (χ4n) is 0.956. The molecule has 0 atom stereocenters. The molecule has 0 aliphatic heterocycles. The van der Waals surface area contributed by atoms with E-state index >= 15 is 0 Å². The Labute approximate surface area is 77.2 Å². The van der Waals surface area contributed by atoms with Crippen molar-refractivity contribution in [2.24, 2.45) is 5.41 Å². The fraction of sp³-hybridized carbons (Fsp3) is 0.375. The van der Waals surface area contributed by atoms with E-state index in [0.717, 1.165) is 4.81 Å². The van der Waals surface area contributed by atoms with E-state index < -0.39 is 5.41 Å². The first kappa shape index (κ1) is 8.73. The number of allylic oxidation sites excluding steroid dienone is 2. The van der Waals surface area contributed by atoms with Crippen molar-refractivity contribution in [1.29, 1.82) is 0 Å². The molecule has 0 saturated heterocycles. The molecule has 0 unspecified atom stereocenters. The number of methoxy groups -OCH3 is 1. The summed E-state index contributed by atoms with van der Waals surface area (Å²) in [6.07, 6.45) is 7.48. The van der Waals surface area contributed by atoms with Crippen molar-refractivity contribution in [2.45, 2.75) is 4.81 Å². The third kappa shape index (κ3) is 1.46. The molecule has 0 fully saturated rings. The van der Waals surface area contributed by atoms with E-state index in [1.807, 2.05) is 24.3 Å². The Morgan fingerprint density at radius 3 is 2.45 bits per heavy atom. The van der Waals surface area contributed by atoms with Crippen LogP contribution < -0.4 is 0 Å². The first-order chi connectivity index (χ1) is 5.25. The number of ether oxygens (including phenoxy) is 1. The minimum atomic E-state index is -0.490. The average molecular weight is 332 g/mol. The molecule has 1 rings (SSSR count). The van der Waals surface area contributed by atoms with Crippen LogP contribution >= 0.6 is 0 Å². The zero-order valence-corrected chi connectivity index (χ0v) is 8.42. The van der Waals surface area contributed by atoms with Gasteiger partial charge in [0.25, 0.3) is 0 Å². The topological polar surface area (TPSA) is 26.3 Å². The van der Waals surface area contributed by atoms with Crippen LogP contribution in [-0.2, 0) is 29.3 Å². The van der Waals surface area contributed by atoms with Gasteiger partial charge in [0.2, 0.25) is 0 Å². The normalized spacial score (nSPS) is 18.7. The zero-order valence-electron chi connectivity index (χ0n) is 6.15. The molecule has 0 radical (unpaired) electrons. The molecule has 60 valence electrons. The van der Waals surface area contributed by atoms with Crippen LogP contribution in [0.15, 0.2) is 24.3 Å². The van der Waals surface area contributed by atoms with Crippen LogP contribution in [0.5, 0.6) is 0 Å². The second-order valence-electron chi connectivity index (χ2n) is 2.36. The van der Waals surface area contributed by atoms with Crippen molar-refractivity contribution in [3.63, 3.8) is 0 Å². The van der Waals surface area contributed by atoms with E-state index in [2.05, 4.69) is 24.6 Å². The van der Waals surface area contributed by atoms with Crippen molar-refractivity contribution >= 4 is 5.97 Å². The van der Waals surface area contributed by atoms with Crippen LogP contribution in [0.2, 0.25) is 4.81 Å². The number of carbonyl (C=O) groups is 1. The van der Waals surface area contributed by atoms with Crippen LogP contribution in [0, 0.1) is 5.41 Å². The van der Waals surface area contributed by atoms with Gasteiger partial charge in [-0.2, -0.15) is 0 Å². The van der Waals surface area contributed by atoms with E-state index in [9.17, 15) is 4.79 Å². The molecule has 0 spiro atoms. The third-order valence-corrected chi connectivity index (χ3v) is 2.98. The Morgan fingerprint density at radius 2 is 2.09 bits per heavy atom. The van der Waals surface area contributed by atoms with Crippen LogP contribution in [0.25, 0.3) is 0 Å². The molecule has 0 saturated carbocycles. The molecule has 2 nitrogen and oxygen atoms in total. The van der Waals surface area contributed by atoms with Crippen molar-refractivity contribution in [1.82, 2.24) is 0 Å². The molecule has 3 heteroatoms. The standard InChI is InChI=1S/C8H9O2.Pt/c1-8(7(9)10-2)5-3-4-6-8;/h3-6H,1H2,2H3;/q;+3. The van der Waals surface area contributed by atoms with Gasteiger partial charge in [0, 0.05) is 0 Å². The third-order valence-electron chi connectivity index (χ3n) is 1.65. The fourth-order valence-corrected chi connectivity index (χ4v) is 1.82. The summed E-state index contributed by atoms with van der Waals surface area (Å²) in [6, 6.07) is 0. The summed E-state index contributed by atoms with van der Waals surface area (Å²) in [5.74, 6) is -0.183. The molecule has 0 bridgehead atoms. The summed E-state index contributed by atoms with van der Waals surface area (Å²) in [4.78, 5) is 12.0. The molecule has 11 heavy (non-hydrogen) atoms. The molecule has 0 aromatic rings. The van der Waals surface area contributed by atoms with Crippen LogP contribution in [0.3, 0.4) is 0 Å². The summed E-state index contributed by atoms with van der Waals surface area (Å²) in [5, 5.41) is 0. The Morgan fingerprint density at radius 1 is 1.55 bits per heavy atom. The van der Waals surface area contributed by atoms with E-state index in [1.54, 1.807) is 0 Å². The van der Waals surface area contributed by atoms with Gasteiger partial charge in [0.05, 0.1) is 0 Å².